The summed E-state index contributed by atoms with van der Waals surface area (Å²) in [5, 5.41) is 3.39. The van der Waals surface area contributed by atoms with Crippen molar-refractivity contribution in [2.75, 3.05) is 12.3 Å². The van der Waals surface area contributed by atoms with Gasteiger partial charge in [0.15, 0.2) is 0 Å². The summed E-state index contributed by atoms with van der Waals surface area (Å²) in [4.78, 5) is 0. The monoisotopic (exact) mass is 276 g/mol. The van der Waals surface area contributed by atoms with E-state index < -0.39 is 10.0 Å². The SMILES string of the molecule is CCC(NS(=O)(=O)CCC1CCCCN1)C(C)C. The quantitative estimate of drug-likeness (QED) is 0.746. The molecule has 5 heteroatoms. The third-order valence-electron chi connectivity index (χ3n) is 3.72. The van der Waals surface area contributed by atoms with Crippen LogP contribution in [0.1, 0.15) is 52.9 Å². The number of hydrogen-bond acceptors (Lipinski definition) is 3. The van der Waals surface area contributed by atoms with Crippen molar-refractivity contribution in [2.24, 2.45) is 5.92 Å². The van der Waals surface area contributed by atoms with Crippen LogP contribution in [0.15, 0.2) is 0 Å². The first-order valence-corrected chi connectivity index (χ1v) is 8.83. The molecule has 0 amide bonds. The van der Waals surface area contributed by atoms with E-state index in [2.05, 4.69) is 23.9 Å². The van der Waals surface area contributed by atoms with Crippen molar-refractivity contribution in [1.29, 1.82) is 0 Å². The first-order valence-electron chi connectivity index (χ1n) is 7.18. The molecule has 0 aromatic carbocycles. The summed E-state index contributed by atoms with van der Waals surface area (Å²) in [5.41, 5.74) is 0. The smallest absolute Gasteiger partial charge is 0.211 e. The highest BCUT2D eigenvalue weighted by molar-refractivity contribution is 7.89. The van der Waals surface area contributed by atoms with Crippen molar-refractivity contribution in [3.63, 3.8) is 0 Å². The molecular formula is C13H28N2O2S. The Kier molecular flexibility index (Phi) is 6.60. The summed E-state index contributed by atoms with van der Waals surface area (Å²) in [7, 11) is -3.13. The highest BCUT2D eigenvalue weighted by Crippen LogP contribution is 2.12. The molecule has 1 aliphatic heterocycles. The second-order valence-corrected chi connectivity index (χ2v) is 7.50. The van der Waals surface area contributed by atoms with Gasteiger partial charge in [0.25, 0.3) is 0 Å². The van der Waals surface area contributed by atoms with E-state index in [1.54, 1.807) is 0 Å². The Morgan fingerprint density at radius 1 is 1.33 bits per heavy atom. The molecular weight excluding hydrogens is 248 g/mol. The zero-order valence-electron chi connectivity index (χ0n) is 11.9. The maximum atomic E-state index is 12.0. The molecule has 1 rings (SSSR count). The topological polar surface area (TPSA) is 58.2 Å². The van der Waals surface area contributed by atoms with E-state index in [9.17, 15) is 8.42 Å². The standard InChI is InChI=1S/C13H28N2O2S/c1-4-13(11(2)3)15-18(16,17)10-8-12-7-5-6-9-14-12/h11-15H,4-10H2,1-3H3. The van der Waals surface area contributed by atoms with Gasteiger partial charge in [-0.25, -0.2) is 13.1 Å². The number of piperidine rings is 1. The summed E-state index contributed by atoms with van der Waals surface area (Å²) in [6, 6.07) is 0.448. The van der Waals surface area contributed by atoms with Crippen LogP contribution >= 0.6 is 0 Å². The molecule has 2 N–H and O–H groups in total. The lowest BCUT2D eigenvalue weighted by atomic mass is 10.0. The van der Waals surface area contributed by atoms with Crippen molar-refractivity contribution in [2.45, 2.75) is 65.0 Å². The minimum Gasteiger partial charge on any atom is -0.314 e. The summed E-state index contributed by atoms with van der Waals surface area (Å²) >= 11 is 0. The zero-order valence-corrected chi connectivity index (χ0v) is 12.7. The number of rotatable bonds is 7. The molecule has 0 aliphatic carbocycles. The second kappa shape index (κ2) is 7.46. The molecule has 1 fully saturated rings. The van der Waals surface area contributed by atoms with Gasteiger partial charge in [0.2, 0.25) is 10.0 Å². The first kappa shape index (κ1) is 15.9. The van der Waals surface area contributed by atoms with Gasteiger partial charge in [0, 0.05) is 12.1 Å². The van der Waals surface area contributed by atoms with E-state index in [0.29, 0.717) is 12.0 Å². The number of nitrogens with one attached hydrogen (secondary N) is 2. The highest BCUT2D eigenvalue weighted by atomic mass is 32.2. The molecule has 2 atom stereocenters. The summed E-state index contributed by atoms with van der Waals surface area (Å²) < 4.78 is 26.8. The van der Waals surface area contributed by atoms with Crippen LogP contribution in [-0.4, -0.2) is 32.8 Å². The van der Waals surface area contributed by atoms with Crippen LogP contribution < -0.4 is 10.0 Å². The fourth-order valence-corrected chi connectivity index (χ4v) is 4.06. The predicted molar refractivity (Wildman–Crippen MR) is 76.1 cm³/mol. The van der Waals surface area contributed by atoms with Crippen molar-refractivity contribution >= 4 is 10.0 Å². The molecule has 0 saturated carbocycles. The van der Waals surface area contributed by atoms with E-state index in [-0.39, 0.29) is 11.8 Å². The van der Waals surface area contributed by atoms with Crippen LogP contribution in [0.5, 0.6) is 0 Å². The molecule has 108 valence electrons. The third-order valence-corrected chi connectivity index (χ3v) is 5.16. The van der Waals surface area contributed by atoms with E-state index >= 15 is 0 Å². The van der Waals surface area contributed by atoms with Gasteiger partial charge in [-0.3, -0.25) is 0 Å². The molecule has 4 nitrogen and oxygen atoms in total. The average molecular weight is 276 g/mol. The molecule has 18 heavy (non-hydrogen) atoms. The maximum Gasteiger partial charge on any atom is 0.211 e. The normalized spacial score (nSPS) is 23.2. The first-order chi connectivity index (χ1) is 8.44. The Labute approximate surface area is 112 Å². The van der Waals surface area contributed by atoms with Crippen LogP contribution in [0.4, 0.5) is 0 Å². The van der Waals surface area contributed by atoms with E-state index in [4.69, 9.17) is 0 Å². The van der Waals surface area contributed by atoms with Crippen molar-refractivity contribution in [1.82, 2.24) is 10.0 Å². The predicted octanol–water partition coefficient (Wildman–Crippen LogP) is 1.87. The molecule has 2 unspecified atom stereocenters. The third kappa shape index (κ3) is 5.67. The fraction of sp³-hybridized carbons (Fsp3) is 1.00. The summed E-state index contributed by atoms with van der Waals surface area (Å²) in [6.07, 6.45) is 5.11. The zero-order chi connectivity index (χ0) is 13.6. The minimum atomic E-state index is -3.13. The number of sulfonamides is 1. The van der Waals surface area contributed by atoms with Crippen molar-refractivity contribution in [3.05, 3.63) is 0 Å². The Balaban J connectivity index is 2.38. The second-order valence-electron chi connectivity index (χ2n) is 5.63. The van der Waals surface area contributed by atoms with Gasteiger partial charge in [-0.1, -0.05) is 27.2 Å². The van der Waals surface area contributed by atoms with Gasteiger partial charge in [-0.15, -0.1) is 0 Å². The van der Waals surface area contributed by atoms with Crippen LogP contribution in [0, 0.1) is 5.92 Å². The molecule has 0 spiro atoms. The van der Waals surface area contributed by atoms with Crippen LogP contribution in [0.25, 0.3) is 0 Å². The molecule has 1 aliphatic rings. The molecule has 0 bridgehead atoms. The van der Waals surface area contributed by atoms with E-state index in [1.165, 1.54) is 12.8 Å². The Bertz CT molecular complexity index is 322. The number of hydrogen-bond donors (Lipinski definition) is 2. The average Bonchev–Trinajstić information content (AvgIpc) is 2.35. The van der Waals surface area contributed by atoms with Crippen molar-refractivity contribution in [3.8, 4) is 0 Å². The summed E-state index contributed by atoms with van der Waals surface area (Å²) in [6.45, 7) is 7.16. The largest absolute Gasteiger partial charge is 0.314 e. The Morgan fingerprint density at radius 2 is 2.06 bits per heavy atom. The Hall–Kier alpha value is -0.130. The molecule has 1 heterocycles. The van der Waals surface area contributed by atoms with Crippen LogP contribution in [0.3, 0.4) is 0 Å². The van der Waals surface area contributed by atoms with Gasteiger partial charge in [0.1, 0.15) is 0 Å². The molecule has 0 aromatic heterocycles. The van der Waals surface area contributed by atoms with Crippen LogP contribution in [0.2, 0.25) is 0 Å². The van der Waals surface area contributed by atoms with E-state index in [0.717, 1.165) is 25.8 Å². The fourth-order valence-electron chi connectivity index (χ4n) is 2.45. The van der Waals surface area contributed by atoms with E-state index in [1.807, 2.05) is 6.92 Å². The minimum absolute atomic E-state index is 0.0642. The molecule has 0 radical (unpaired) electrons. The van der Waals surface area contributed by atoms with Gasteiger partial charge in [-0.05, 0) is 38.1 Å². The summed E-state index contributed by atoms with van der Waals surface area (Å²) in [5.74, 6) is 0.589. The lowest BCUT2D eigenvalue weighted by Crippen LogP contribution is -2.41. The van der Waals surface area contributed by atoms with Gasteiger partial charge < -0.3 is 5.32 Å². The van der Waals surface area contributed by atoms with Gasteiger partial charge in [-0.2, -0.15) is 0 Å². The molecule has 0 aromatic rings. The van der Waals surface area contributed by atoms with Crippen molar-refractivity contribution < 1.29 is 8.42 Å². The van der Waals surface area contributed by atoms with Gasteiger partial charge in [0.05, 0.1) is 5.75 Å². The Morgan fingerprint density at radius 3 is 2.56 bits per heavy atom. The van der Waals surface area contributed by atoms with Crippen LogP contribution in [-0.2, 0) is 10.0 Å². The highest BCUT2D eigenvalue weighted by Gasteiger charge is 2.21. The maximum absolute atomic E-state index is 12.0. The molecule has 1 saturated heterocycles. The lowest BCUT2D eigenvalue weighted by molar-refractivity contribution is 0.390. The van der Waals surface area contributed by atoms with Gasteiger partial charge >= 0.3 is 0 Å². The lowest BCUT2D eigenvalue weighted by Gasteiger charge is -2.24.